The highest BCUT2D eigenvalue weighted by atomic mass is 32.2. The number of carbonyl (C=O) groups excluding carboxylic acids is 1. The minimum atomic E-state index is -0.115. The van der Waals surface area contributed by atoms with E-state index in [0.717, 1.165) is 29.1 Å². The highest BCUT2D eigenvalue weighted by Crippen LogP contribution is 2.27. The Balaban J connectivity index is 1.33. The molecule has 1 aliphatic rings. The molecule has 1 saturated heterocycles. The van der Waals surface area contributed by atoms with E-state index < -0.39 is 0 Å². The van der Waals surface area contributed by atoms with Crippen molar-refractivity contribution in [1.29, 1.82) is 0 Å². The SMILES string of the molecule is Cc1noc(C)c1CSc1ncccc1C(=O)NCc1ccc(CN2CCCCC2C)cc1. The number of nitrogens with zero attached hydrogens (tertiary/aromatic N) is 3. The molecule has 3 heterocycles. The van der Waals surface area contributed by atoms with E-state index in [1.165, 1.54) is 43.1 Å². The summed E-state index contributed by atoms with van der Waals surface area (Å²) in [5.74, 6) is 1.35. The van der Waals surface area contributed by atoms with Crippen LogP contribution in [0.25, 0.3) is 0 Å². The maximum absolute atomic E-state index is 12.9. The van der Waals surface area contributed by atoms with Gasteiger partial charge in [-0.05, 0) is 63.4 Å². The van der Waals surface area contributed by atoms with Crippen LogP contribution in [0.1, 0.15) is 64.7 Å². The first kappa shape index (κ1) is 23.5. The van der Waals surface area contributed by atoms with Crippen LogP contribution in [-0.2, 0) is 18.8 Å². The standard InChI is InChI=1S/C26H32N4O2S/c1-18-7-4-5-14-30(18)16-22-11-9-21(10-12-22)15-28-25(31)23-8-6-13-27-26(23)33-17-24-19(2)29-32-20(24)3/h6,8-13,18H,4-5,7,14-17H2,1-3H3,(H,28,31). The number of amides is 1. The van der Waals surface area contributed by atoms with Gasteiger partial charge in [-0.25, -0.2) is 4.98 Å². The normalized spacial score (nSPS) is 16.6. The number of piperidine rings is 1. The summed E-state index contributed by atoms with van der Waals surface area (Å²) in [6, 6.07) is 12.9. The maximum Gasteiger partial charge on any atom is 0.254 e. The van der Waals surface area contributed by atoms with E-state index in [-0.39, 0.29) is 5.91 Å². The third kappa shape index (κ3) is 6.03. The Kier molecular flexibility index (Phi) is 7.83. The second-order valence-electron chi connectivity index (χ2n) is 8.76. The van der Waals surface area contributed by atoms with Gasteiger partial charge in [0.2, 0.25) is 0 Å². The molecule has 0 radical (unpaired) electrons. The van der Waals surface area contributed by atoms with E-state index >= 15 is 0 Å². The monoisotopic (exact) mass is 464 g/mol. The summed E-state index contributed by atoms with van der Waals surface area (Å²) < 4.78 is 5.24. The minimum absolute atomic E-state index is 0.115. The molecule has 1 atom stereocenters. The molecule has 2 aromatic heterocycles. The number of benzene rings is 1. The number of nitrogens with one attached hydrogen (secondary N) is 1. The van der Waals surface area contributed by atoms with Crippen molar-refractivity contribution in [3.05, 3.63) is 76.3 Å². The number of aryl methyl sites for hydroxylation is 2. The van der Waals surface area contributed by atoms with Crippen LogP contribution in [0.4, 0.5) is 0 Å². The Morgan fingerprint density at radius 2 is 1.97 bits per heavy atom. The van der Waals surface area contributed by atoms with Crippen molar-refractivity contribution < 1.29 is 9.32 Å². The Labute approximate surface area is 200 Å². The van der Waals surface area contributed by atoms with E-state index in [4.69, 9.17) is 4.52 Å². The molecular formula is C26H32N4O2S. The third-order valence-electron chi connectivity index (χ3n) is 6.35. The molecule has 1 unspecified atom stereocenters. The predicted octanol–water partition coefficient (Wildman–Crippen LogP) is 5.28. The first-order valence-corrected chi connectivity index (χ1v) is 12.6. The second kappa shape index (κ2) is 11.0. The molecule has 33 heavy (non-hydrogen) atoms. The molecule has 1 fully saturated rings. The molecule has 6 nitrogen and oxygen atoms in total. The Hall–Kier alpha value is -2.64. The van der Waals surface area contributed by atoms with Gasteiger partial charge in [0.25, 0.3) is 5.91 Å². The smallest absolute Gasteiger partial charge is 0.254 e. The molecule has 3 aromatic rings. The van der Waals surface area contributed by atoms with Crippen LogP contribution in [0, 0.1) is 13.8 Å². The zero-order valence-corrected chi connectivity index (χ0v) is 20.5. The molecule has 0 spiro atoms. The number of likely N-dealkylation sites (tertiary alicyclic amines) is 1. The number of rotatable bonds is 8. The lowest BCUT2D eigenvalue weighted by molar-refractivity contribution is 0.0947. The van der Waals surface area contributed by atoms with Gasteiger partial charge in [0.05, 0.1) is 11.3 Å². The number of thioether (sulfide) groups is 1. The van der Waals surface area contributed by atoms with Crippen LogP contribution in [0.3, 0.4) is 0 Å². The summed E-state index contributed by atoms with van der Waals surface area (Å²) in [4.78, 5) is 19.9. The first-order valence-electron chi connectivity index (χ1n) is 11.6. The number of hydrogen-bond donors (Lipinski definition) is 1. The number of hydrogen-bond acceptors (Lipinski definition) is 6. The topological polar surface area (TPSA) is 71.3 Å². The zero-order valence-electron chi connectivity index (χ0n) is 19.6. The fourth-order valence-corrected chi connectivity index (χ4v) is 5.34. The van der Waals surface area contributed by atoms with E-state index in [2.05, 4.69) is 51.5 Å². The molecule has 1 amide bonds. The molecule has 174 valence electrons. The van der Waals surface area contributed by atoms with Gasteiger partial charge >= 0.3 is 0 Å². The van der Waals surface area contributed by atoms with E-state index in [9.17, 15) is 4.79 Å². The first-order chi connectivity index (χ1) is 16.0. The number of pyridine rings is 1. The van der Waals surface area contributed by atoms with Crippen molar-refractivity contribution in [3.63, 3.8) is 0 Å². The molecule has 1 N–H and O–H groups in total. The van der Waals surface area contributed by atoms with Crippen LogP contribution in [-0.4, -0.2) is 33.5 Å². The molecular weight excluding hydrogens is 432 g/mol. The van der Waals surface area contributed by atoms with Crippen molar-refractivity contribution in [2.45, 2.75) is 69.9 Å². The van der Waals surface area contributed by atoms with Gasteiger partial charge < -0.3 is 9.84 Å². The summed E-state index contributed by atoms with van der Waals surface area (Å²) in [6.45, 7) is 8.82. The van der Waals surface area contributed by atoms with Gasteiger partial charge in [-0.1, -0.05) is 35.8 Å². The van der Waals surface area contributed by atoms with Crippen LogP contribution in [0.15, 0.2) is 52.1 Å². The van der Waals surface area contributed by atoms with Crippen LogP contribution in [0.2, 0.25) is 0 Å². The largest absolute Gasteiger partial charge is 0.361 e. The number of carbonyl (C=O) groups is 1. The summed E-state index contributed by atoms with van der Waals surface area (Å²) in [5, 5.41) is 7.76. The van der Waals surface area contributed by atoms with Crippen molar-refractivity contribution in [3.8, 4) is 0 Å². The molecule has 7 heteroatoms. The Morgan fingerprint density at radius 3 is 2.70 bits per heavy atom. The highest BCUT2D eigenvalue weighted by molar-refractivity contribution is 7.98. The van der Waals surface area contributed by atoms with Gasteiger partial charge in [0, 0.05) is 36.6 Å². The van der Waals surface area contributed by atoms with Gasteiger partial charge in [-0.3, -0.25) is 9.69 Å². The molecule has 1 aromatic carbocycles. The summed E-state index contributed by atoms with van der Waals surface area (Å²) in [5.41, 5.74) is 4.93. The van der Waals surface area contributed by atoms with E-state index in [1.54, 1.807) is 12.3 Å². The lowest BCUT2D eigenvalue weighted by Crippen LogP contribution is -2.36. The van der Waals surface area contributed by atoms with Crippen LogP contribution < -0.4 is 5.32 Å². The van der Waals surface area contributed by atoms with Crippen molar-refractivity contribution in [1.82, 2.24) is 20.4 Å². The molecule has 0 bridgehead atoms. The van der Waals surface area contributed by atoms with Gasteiger partial charge in [-0.2, -0.15) is 0 Å². The van der Waals surface area contributed by atoms with Gasteiger partial charge in [-0.15, -0.1) is 11.8 Å². The highest BCUT2D eigenvalue weighted by Gasteiger charge is 2.18. The Bertz CT molecular complexity index is 1060. The second-order valence-corrected chi connectivity index (χ2v) is 9.73. The zero-order chi connectivity index (χ0) is 23.2. The lowest BCUT2D eigenvalue weighted by Gasteiger charge is -2.33. The van der Waals surface area contributed by atoms with Crippen molar-refractivity contribution >= 4 is 17.7 Å². The predicted molar refractivity (Wildman–Crippen MR) is 131 cm³/mol. The van der Waals surface area contributed by atoms with Gasteiger partial charge in [0.15, 0.2) is 0 Å². The fourth-order valence-electron chi connectivity index (χ4n) is 4.19. The summed E-state index contributed by atoms with van der Waals surface area (Å²) in [7, 11) is 0. The quantitative estimate of drug-likeness (QED) is 0.457. The molecule has 4 rings (SSSR count). The average Bonchev–Trinajstić information content (AvgIpc) is 3.15. The fraction of sp³-hybridized carbons (Fsp3) is 0.423. The van der Waals surface area contributed by atoms with Crippen LogP contribution in [0.5, 0.6) is 0 Å². The average molecular weight is 465 g/mol. The Morgan fingerprint density at radius 1 is 1.18 bits per heavy atom. The van der Waals surface area contributed by atoms with Crippen LogP contribution >= 0.6 is 11.8 Å². The van der Waals surface area contributed by atoms with Crippen molar-refractivity contribution in [2.75, 3.05) is 6.54 Å². The summed E-state index contributed by atoms with van der Waals surface area (Å²) >= 11 is 1.53. The third-order valence-corrected chi connectivity index (χ3v) is 7.38. The van der Waals surface area contributed by atoms with E-state index in [0.29, 0.717) is 28.9 Å². The summed E-state index contributed by atoms with van der Waals surface area (Å²) in [6.07, 6.45) is 5.64. The molecule has 0 aliphatic carbocycles. The van der Waals surface area contributed by atoms with Gasteiger partial charge in [0.1, 0.15) is 10.8 Å². The molecule has 1 aliphatic heterocycles. The maximum atomic E-state index is 12.9. The number of aromatic nitrogens is 2. The lowest BCUT2D eigenvalue weighted by atomic mass is 10.0. The molecule has 0 saturated carbocycles. The van der Waals surface area contributed by atoms with Crippen molar-refractivity contribution in [2.24, 2.45) is 0 Å². The van der Waals surface area contributed by atoms with E-state index in [1.807, 2.05) is 19.9 Å². The minimum Gasteiger partial charge on any atom is -0.361 e.